The lowest BCUT2D eigenvalue weighted by Gasteiger charge is -2.49. The molecule has 1 aliphatic carbocycles. The van der Waals surface area contributed by atoms with Crippen molar-refractivity contribution in [3.8, 4) is 0 Å². The Balaban J connectivity index is 1.88. The van der Waals surface area contributed by atoms with Crippen LogP contribution in [-0.4, -0.2) is 47.3 Å². The van der Waals surface area contributed by atoms with Crippen molar-refractivity contribution in [3.05, 3.63) is 48.0 Å². The third kappa shape index (κ3) is 3.61. The number of carbonyl (C=O) groups excluding carboxylic acids is 1. The number of nitrogens with one attached hydrogen (secondary N) is 2. The first kappa shape index (κ1) is 19.8. The predicted molar refractivity (Wildman–Crippen MR) is 106 cm³/mol. The Morgan fingerprint density at radius 1 is 1.31 bits per heavy atom. The fourth-order valence-corrected chi connectivity index (χ4v) is 5.52. The average Bonchev–Trinajstić information content (AvgIpc) is 3.43. The smallest absolute Gasteiger partial charge is 0.407 e. The second-order valence-electron chi connectivity index (χ2n) is 7.99. The standard InChI is InChI=1S/C21H28FN5O2/c1-29-20(28)25-19-7-3-6-18(19)21(27-13-12-24-26-27,15-8-10-23-11-9-15)16-4-2-5-17(22)14-16/h2,4-5,12-15,18-19,23H,3,6-11H2,1H3,(H,25,28)/t18?,19-,21?/m0/s1. The van der Waals surface area contributed by atoms with Gasteiger partial charge < -0.3 is 15.4 Å². The van der Waals surface area contributed by atoms with Gasteiger partial charge in [0.2, 0.25) is 0 Å². The second-order valence-corrected chi connectivity index (χ2v) is 7.99. The number of piperidine rings is 1. The molecule has 0 spiro atoms. The van der Waals surface area contributed by atoms with Gasteiger partial charge in [-0.1, -0.05) is 23.8 Å². The summed E-state index contributed by atoms with van der Waals surface area (Å²) in [4.78, 5) is 12.1. The number of methoxy groups -OCH3 is 1. The molecule has 2 fully saturated rings. The van der Waals surface area contributed by atoms with Gasteiger partial charge in [0.25, 0.3) is 0 Å². The molecule has 2 N–H and O–H groups in total. The van der Waals surface area contributed by atoms with Crippen LogP contribution in [0.25, 0.3) is 0 Å². The number of rotatable bonds is 5. The molecular weight excluding hydrogens is 373 g/mol. The Kier molecular flexibility index (Phi) is 5.80. The van der Waals surface area contributed by atoms with Crippen molar-refractivity contribution in [2.24, 2.45) is 11.8 Å². The van der Waals surface area contributed by atoms with E-state index in [1.165, 1.54) is 13.2 Å². The summed E-state index contributed by atoms with van der Waals surface area (Å²) >= 11 is 0. The summed E-state index contributed by atoms with van der Waals surface area (Å²) in [6.07, 6.45) is 7.75. The van der Waals surface area contributed by atoms with E-state index in [2.05, 4.69) is 20.9 Å². The van der Waals surface area contributed by atoms with Crippen LogP contribution in [0.3, 0.4) is 0 Å². The van der Waals surface area contributed by atoms with Crippen molar-refractivity contribution in [3.63, 3.8) is 0 Å². The topological polar surface area (TPSA) is 81.1 Å². The summed E-state index contributed by atoms with van der Waals surface area (Å²) < 4.78 is 21.2. The molecule has 156 valence electrons. The van der Waals surface area contributed by atoms with Gasteiger partial charge in [0, 0.05) is 18.2 Å². The lowest BCUT2D eigenvalue weighted by Crippen LogP contribution is -2.56. The molecule has 1 aliphatic heterocycles. The number of hydrogen-bond donors (Lipinski definition) is 2. The third-order valence-corrected chi connectivity index (χ3v) is 6.62. The molecule has 2 aromatic rings. The van der Waals surface area contributed by atoms with Crippen LogP contribution in [0.2, 0.25) is 0 Å². The number of benzene rings is 1. The van der Waals surface area contributed by atoms with E-state index in [4.69, 9.17) is 4.74 Å². The average molecular weight is 401 g/mol. The highest BCUT2D eigenvalue weighted by Gasteiger charge is 2.53. The molecule has 1 aromatic carbocycles. The molecule has 4 rings (SSSR count). The summed E-state index contributed by atoms with van der Waals surface area (Å²) in [7, 11) is 1.38. The van der Waals surface area contributed by atoms with E-state index in [1.807, 2.05) is 16.9 Å². The number of ether oxygens (including phenoxy) is 1. The fraction of sp³-hybridized carbons (Fsp3) is 0.571. The Morgan fingerprint density at radius 3 is 2.83 bits per heavy atom. The molecule has 29 heavy (non-hydrogen) atoms. The molecule has 1 amide bonds. The summed E-state index contributed by atoms with van der Waals surface area (Å²) in [6, 6.07) is 6.76. The number of aromatic nitrogens is 3. The van der Waals surface area contributed by atoms with Gasteiger partial charge in [-0.2, -0.15) is 0 Å². The summed E-state index contributed by atoms with van der Waals surface area (Å²) in [5, 5.41) is 15.0. The van der Waals surface area contributed by atoms with Crippen LogP contribution in [0.5, 0.6) is 0 Å². The number of halogens is 1. The highest BCUT2D eigenvalue weighted by Crippen LogP contribution is 2.50. The number of alkyl carbamates (subject to hydrolysis) is 1. The summed E-state index contributed by atoms with van der Waals surface area (Å²) in [5.41, 5.74) is 0.293. The fourth-order valence-electron chi connectivity index (χ4n) is 5.52. The van der Waals surface area contributed by atoms with E-state index in [-0.39, 0.29) is 23.7 Å². The molecule has 2 unspecified atom stereocenters. The van der Waals surface area contributed by atoms with Crippen LogP contribution in [0.15, 0.2) is 36.7 Å². The number of nitrogens with zero attached hydrogens (tertiary/aromatic N) is 3. The van der Waals surface area contributed by atoms with Crippen molar-refractivity contribution in [2.45, 2.75) is 43.7 Å². The maximum Gasteiger partial charge on any atom is 0.407 e. The van der Waals surface area contributed by atoms with Crippen molar-refractivity contribution in [2.75, 3.05) is 20.2 Å². The highest BCUT2D eigenvalue weighted by atomic mass is 19.1. The van der Waals surface area contributed by atoms with Crippen LogP contribution in [0, 0.1) is 17.7 Å². The van der Waals surface area contributed by atoms with E-state index in [9.17, 15) is 9.18 Å². The summed E-state index contributed by atoms with van der Waals surface area (Å²) in [5.74, 6) is 0.0156. The van der Waals surface area contributed by atoms with E-state index < -0.39 is 11.6 Å². The minimum absolute atomic E-state index is 0.0493. The number of carbonyl (C=O) groups is 1. The van der Waals surface area contributed by atoms with Gasteiger partial charge in [0.1, 0.15) is 5.82 Å². The van der Waals surface area contributed by atoms with Crippen molar-refractivity contribution in [1.29, 1.82) is 0 Å². The quantitative estimate of drug-likeness (QED) is 0.805. The van der Waals surface area contributed by atoms with Gasteiger partial charge in [0.15, 0.2) is 0 Å². The van der Waals surface area contributed by atoms with Gasteiger partial charge in [-0.3, -0.25) is 0 Å². The normalized spacial score (nSPS) is 24.8. The highest BCUT2D eigenvalue weighted by molar-refractivity contribution is 5.67. The molecule has 1 saturated heterocycles. The molecule has 8 heteroatoms. The molecule has 2 aliphatic rings. The van der Waals surface area contributed by atoms with Crippen molar-refractivity contribution < 1.29 is 13.9 Å². The van der Waals surface area contributed by atoms with Gasteiger partial charge >= 0.3 is 6.09 Å². The minimum atomic E-state index is -0.594. The largest absolute Gasteiger partial charge is 0.453 e. The third-order valence-electron chi connectivity index (χ3n) is 6.62. The van der Waals surface area contributed by atoms with Gasteiger partial charge in [-0.05, 0) is 62.4 Å². The second kappa shape index (κ2) is 8.49. The lowest BCUT2D eigenvalue weighted by atomic mass is 9.64. The SMILES string of the molecule is COC(=O)N[C@H]1CCCC1C(c1cccc(F)c1)(C1CCNCC1)n1ccnn1. The van der Waals surface area contributed by atoms with E-state index >= 15 is 0 Å². The zero-order chi connectivity index (χ0) is 20.3. The van der Waals surface area contributed by atoms with Crippen molar-refractivity contribution >= 4 is 6.09 Å². The number of hydrogen-bond acceptors (Lipinski definition) is 5. The summed E-state index contributed by atoms with van der Waals surface area (Å²) in [6.45, 7) is 1.80. The maximum atomic E-state index is 14.4. The Morgan fingerprint density at radius 2 is 2.14 bits per heavy atom. The van der Waals surface area contributed by atoms with Crippen LogP contribution < -0.4 is 10.6 Å². The van der Waals surface area contributed by atoms with E-state index in [0.29, 0.717) is 0 Å². The molecule has 2 heterocycles. The molecule has 1 aromatic heterocycles. The van der Waals surface area contributed by atoms with Gasteiger partial charge in [0.05, 0.1) is 18.8 Å². The molecule has 0 bridgehead atoms. The monoisotopic (exact) mass is 401 g/mol. The Hall–Kier alpha value is -2.48. The van der Waals surface area contributed by atoms with Crippen LogP contribution >= 0.6 is 0 Å². The lowest BCUT2D eigenvalue weighted by molar-refractivity contribution is 0.0693. The molecular formula is C21H28FN5O2. The van der Waals surface area contributed by atoms with Crippen LogP contribution in [-0.2, 0) is 10.3 Å². The van der Waals surface area contributed by atoms with Gasteiger partial charge in [-0.15, -0.1) is 5.10 Å². The first-order valence-corrected chi connectivity index (χ1v) is 10.3. The van der Waals surface area contributed by atoms with Crippen molar-refractivity contribution in [1.82, 2.24) is 25.6 Å². The molecule has 7 nitrogen and oxygen atoms in total. The number of amides is 1. The first-order valence-electron chi connectivity index (χ1n) is 10.3. The van der Waals surface area contributed by atoms with E-state index in [0.717, 1.165) is 50.8 Å². The Bertz CT molecular complexity index is 824. The van der Waals surface area contributed by atoms with E-state index in [1.54, 1.807) is 18.3 Å². The minimum Gasteiger partial charge on any atom is -0.453 e. The Labute approximate surface area is 170 Å². The zero-order valence-electron chi connectivity index (χ0n) is 16.7. The molecule has 0 radical (unpaired) electrons. The van der Waals surface area contributed by atoms with Crippen LogP contribution in [0.1, 0.15) is 37.7 Å². The first-order chi connectivity index (χ1) is 14.2. The maximum absolute atomic E-state index is 14.4. The van der Waals surface area contributed by atoms with Gasteiger partial charge in [-0.25, -0.2) is 13.9 Å². The predicted octanol–water partition coefficient (Wildman–Crippen LogP) is 2.69. The zero-order valence-corrected chi connectivity index (χ0v) is 16.7. The van der Waals surface area contributed by atoms with Crippen LogP contribution in [0.4, 0.5) is 9.18 Å². The molecule has 1 saturated carbocycles. The molecule has 3 atom stereocenters.